The Morgan fingerprint density at radius 2 is 0.962 bits per heavy atom. The average Bonchev–Trinajstić information content (AvgIpc) is 2.41. The van der Waals surface area contributed by atoms with Gasteiger partial charge >= 0.3 is 59.1 Å². The summed E-state index contributed by atoms with van der Waals surface area (Å²) in [4.78, 5) is -1.13. The van der Waals surface area contributed by atoms with E-state index in [4.69, 9.17) is 0 Å². The van der Waals surface area contributed by atoms with Gasteiger partial charge in [0.05, 0.1) is 9.79 Å². The van der Waals surface area contributed by atoms with Crippen molar-refractivity contribution >= 4 is 52.1 Å². The van der Waals surface area contributed by atoms with Crippen molar-refractivity contribution in [1.82, 2.24) is 0 Å². The molecule has 2 rings (SSSR count). The molecule has 0 radical (unpaired) electrons. The second-order valence-corrected chi connectivity index (χ2v) is 9.35. The normalized spacial score (nSPS) is 11.5. The summed E-state index contributed by atoms with van der Waals surface area (Å²) >= 11 is 6.28. The smallest absolute Gasteiger partial charge is 0.744 e. The van der Waals surface area contributed by atoms with Gasteiger partial charge in [0.25, 0.3) is 0 Å². The van der Waals surface area contributed by atoms with Crippen LogP contribution in [0.5, 0.6) is 0 Å². The van der Waals surface area contributed by atoms with Crippen LogP contribution in [-0.2, 0) is 20.2 Å². The van der Waals surface area contributed by atoms with Crippen molar-refractivity contribution in [3.8, 4) is 11.1 Å². The van der Waals surface area contributed by atoms with E-state index in [-0.39, 0.29) is 81.4 Å². The van der Waals surface area contributed by atoms with E-state index in [0.29, 0.717) is 8.95 Å². The Hall–Kier alpha value is 1.22. The Bertz CT molecular complexity index is 968. The van der Waals surface area contributed by atoms with Gasteiger partial charge in [0.15, 0.2) is 0 Å². The molecule has 0 N–H and O–H groups in total. The van der Waals surface area contributed by atoms with Crippen LogP contribution in [0.2, 0.25) is 0 Å². The molecule has 0 aliphatic carbocycles. The fraction of sp³-hybridized carbons (Fsp3) is 0.143. The predicted molar refractivity (Wildman–Crippen MR) is 92.7 cm³/mol. The van der Waals surface area contributed by atoms with E-state index in [2.05, 4.69) is 31.9 Å². The van der Waals surface area contributed by atoms with E-state index >= 15 is 0 Å². The van der Waals surface area contributed by atoms with Gasteiger partial charge in [0.2, 0.25) is 0 Å². The van der Waals surface area contributed by atoms with Gasteiger partial charge < -0.3 is 9.11 Å². The Kier molecular flexibility index (Phi) is 10.3. The Morgan fingerprint density at radius 1 is 0.692 bits per heavy atom. The monoisotopic (exact) mass is 542 g/mol. The van der Waals surface area contributed by atoms with E-state index < -0.39 is 30.0 Å². The molecule has 0 amide bonds. The summed E-state index contributed by atoms with van der Waals surface area (Å²) in [6, 6.07) is 5.55. The molecular weight excluding hydrogens is 534 g/mol. The molecule has 0 aliphatic rings. The minimum atomic E-state index is -4.91. The summed E-state index contributed by atoms with van der Waals surface area (Å²) in [7, 11) is -9.82. The first-order valence-corrected chi connectivity index (χ1v) is 10.8. The molecule has 0 atom stereocenters. The van der Waals surface area contributed by atoms with Gasteiger partial charge in [-0.15, -0.1) is 0 Å². The van der Waals surface area contributed by atoms with E-state index in [0.717, 1.165) is 0 Å². The van der Waals surface area contributed by atoms with Gasteiger partial charge in [0.1, 0.15) is 20.2 Å². The molecule has 2 aromatic carbocycles. The van der Waals surface area contributed by atoms with Crippen molar-refractivity contribution < 1.29 is 85.1 Å². The van der Waals surface area contributed by atoms with Crippen LogP contribution in [-0.4, -0.2) is 25.9 Å². The van der Waals surface area contributed by atoms with Gasteiger partial charge in [-0.2, -0.15) is 0 Å². The van der Waals surface area contributed by atoms with Crippen LogP contribution in [0.1, 0.15) is 11.1 Å². The number of hydrogen-bond acceptors (Lipinski definition) is 6. The van der Waals surface area contributed by atoms with Crippen molar-refractivity contribution in [1.29, 1.82) is 0 Å². The fourth-order valence-corrected chi connectivity index (χ4v) is 5.19. The molecule has 0 heterocycles. The van der Waals surface area contributed by atoms with Crippen molar-refractivity contribution in [2.75, 3.05) is 0 Å². The molecule has 0 unspecified atom stereocenters. The number of rotatable bonds is 3. The Balaban J connectivity index is 0.00000312. The molecule has 0 aliphatic heterocycles. The average molecular weight is 544 g/mol. The largest absolute Gasteiger partial charge is 1.00 e. The minimum Gasteiger partial charge on any atom is -0.744 e. The first-order chi connectivity index (χ1) is 10.9. The van der Waals surface area contributed by atoms with Crippen molar-refractivity contribution in [2.24, 2.45) is 0 Å². The zero-order valence-corrected chi connectivity index (χ0v) is 23.1. The molecule has 0 aromatic heterocycles. The third kappa shape index (κ3) is 5.64. The summed E-state index contributed by atoms with van der Waals surface area (Å²) in [5.74, 6) is 0. The molecular formula is C14H10Br2Na2O6S2. The van der Waals surface area contributed by atoms with Crippen LogP contribution in [0.4, 0.5) is 0 Å². The molecule has 6 nitrogen and oxygen atoms in total. The van der Waals surface area contributed by atoms with Gasteiger partial charge in [0, 0.05) is 20.1 Å². The fourth-order valence-electron chi connectivity index (χ4n) is 2.40. The maximum absolute atomic E-state index is 11.7. The van der Waals surface area contributed by atoms with Crippen molar-refractivity contribution in [2.45, 2.75) is 23.6 Å². The third-order valence-electron chi connectivity index (χ3n) is 3.47. The predicted octanol–water partition coefficient (Wildman–Crippen LogP) is -2.69. The zero-order valence-electron chi connectivity index (χ0n) is 14.3. The number of halogens is 2. The summed E-state index contributed by atoms with van der Waals surface area (Å²) < 4.78 is 71.0. The second-order valence-electron chi connectivity index (χ2n) is 5.01. The number of hydrogen-bond donors (Lipinski definition) is 0. The molecule has 0 saturated carbocycles. The van der Waals surface area contributed by atoms with Gasteiger partial charge in [-0.25, -0.2) is 16.8 Å². The van der Waals surface area contributed by atoms with Crippen LogP contribution in [0, 0.1) is 13.8 Å². The molecule has 0 fully saturated rings. The summed E-state index contributed by atoms with van der Waals surface area (Å²) in [5.41, 5.74) is 0.0149. The molecule has 12 heteroatoms. The van der Waals surface area contributed by atoms with Gasteiger partial charge in [-0.1, -0.05) is 44.0 Å². The van der Waals surface area contributed by atoms with Crippen LogP contribution in [0.15, 0.2) is 43.0 Å². The third-order valence-corrected chi connectivity index (χ3v) is 7.24. The van der Waals surface area contributed by atoms with Crippen molar-refractivity contribution in [3.63, 3.8) is 0 Å². The summed E-state index contributed by atoms with van der Waals surface area (Å²) in [6.07, 6.45) is 0. The Labute approximate surface area is 213 Å². The zero-order chi connectivity index (χ0) is 18.4. The first kappa shape index (κ1) is 27.2. The van der Waals surface area contributed by atoms with Crippen LogP contribution >= 0.6 is 31.9 Å². The molecule has 0 saturated heterocycles. The van der Waals surface area contributed by atoms with E-state index in [9.17, 15) is 25.9 Å². The molecule has 0 bridgehead atoms. The van der Waals surface area contributed by atoms with Crippen LogP contribution < -0.4 is 59.1 Å². The molecule has 2 aromatic rings. The van der Waals surface area contributed by atoms with Gasteiger partial charge in [-0.3, -0.25) is 0 Å². The molecule has 26 heavy (non-hydrogen) atoms. The number of benzene rings is 2. The summed E-state index contributed by atoms with van der Waals surface area (Å²) in [6.45, 7) is 2.82. The van der Waals surface area contributed by atoms with Gasteiger partial charge in [-0.05, 0) is 37.1 Å². The molecule has 130 valence electrons. The van der Waals surface area contributed by atoms with E-state index in [1.807, 2.05) is 0 Å². The maximum Gasteiger partial charge on any atom is 1.00 e. The standard InChI is InChI=1S/C14H12Br2O6S2.2Na/c1-7-11(15)5-3-9(13(7)23(17,18)19)10-4-6-12(16)8(2)14(10)24(20,21)22;;/h3-6H,1-2H3,(H,17,18,19)(H,20,21,22);;/q;2*+1/p-2. The summed E-state index contributed by atoms with van der Waals surface area (Å²) in [5, 5.41) is 0. The van der Waals surface area contributed by atoms with Crippen molar-refractivity contribution in [3.05, 3.63) is 44.3 Å². The van der Waals surface area contributed by atoms with Crippen LogP contribution in [0.25, 0.3) is 11.1 Å². The first-order valence-electron chi connectivity index (χ1n) is 6.36. The van der Waals surface area contributed by atoms with Crippen LogP contribution in [0.3, 0.4) is 0 Å². The van der Waals surface area contributed by atoms with E-state index in [1.165, 1.54) is 38.1 Å². The SMILES string of the molecule is Cc1c(Br)ccc(-c2ccc(Br)c(C)c2S(=O)(=O)[O-])c1S(=O)(=O)[O-].[Na+].[Na+]. The maximum atomic E-state index is 11.7. The van der Waals surface area contributed by atoms with E-state index in [1.54, 1.807) is 0 Å². The Morgan fingerprint density at radius 3 is 1.19 bits per heavy atom. The second kappa shape index (κ2) is 9.82. The quantitative estimate of drug-likeness (QED) is 0.308. The molecule has 0 spiro atoms. The topological polar surface area (TPSA) is 114 Å². The minimum absolute atomic E-state index is 0.